The SMILES string of the molecule is COc1cc(/C=C2\OC3(COC3)CN3C2=NOC3(CO)c2ccc(F)cc2)ccc1-n1cnc(C)c1. The van der Waals surface area contributed by atoms with Crippen molar-refractivity contribution in [3.8, 4) is 11.4 Å². The van der Waals surface area contributed by atoms with E-state index in [2.05, 4.69) is 10.1 Å². The number of ether oxygens (including phenoxy) is 3. The molecule has 2 aromatic carbocycles. The number of aryl methyl sites for hydroxylation is 1. The minimum atomic E-state index is -1.30. The molecule has 0 aliphatic carbocycles. The second kappa shape index (κ2) is 8.35. The van der Waals surface area contributed by atoms with E-state index in [1.807, 2.05) is 46.9 Å². The maximum atomic E-state index is 13.6. The zero-order valence-electron chi connectivity index (χ0n) is 19.8. The van der Waals surface area contributed by atoms with Crippen LogP contribution in [0.5, 0.6) is 5.75 Å². The monoisotopic (exact) mass is 492 g/mol. The van der Waals surface area contributed by atoms with E-state index in [1.165, 1.54) is 12.1 Å². The van der Waals surface area contributed by atoms with Crippen molar-refractivity contribution in [2.24, 2.45) is 5.16 Å². The lowest BCUT2D eigenvalue weighted by atomic mass is 9.93. The van der Waals surface area contributed by atoms with E-state index < -0.39 is 11.3 Å². The molecule has 1 unspecified atom stereocenters. The van der Waals surface area contributed by atoms with Gasteiger partial charge in [0.1, 0.15) is 18.2 Å². The Balaban J connectivity index is 1.39. The first-order valence-electron chi connectivity index (χ1n) is 11.5. The number of aromatic nitrogens is 2. The molecule has 0 saturated carbocycles. The first kappa shape index (κ1) is 22.6. The molecule has 6 rings (SSSR count). The maximum Gasteiger partial charge on any atom is 0.260 e. The summed E-state index contributed by atoms with van der Waals surface area (Å²) in [7, 11) is 1.62. The van der Waals surface area contributed by atoms with Crippen LogP contribution in [-0.2, 0) is 20.0 Å². The highest BCUT2D eigenvalue weighted by molar-refractivity contribution is 6.02. The standard InChI is InChI=1S/C26H25FN4O5/c1-17-11-30(16-28-17)21-8-3-18(9-22(21)33-2)10-23-24-29-36-26(13-32,19-4-6-20(27)7-5-19)31(24)12-25(35-23)14-34-15-25/h3-11,16,32H,12-15H2,1-2H3/b23-10-. The molecule has 36 heavy (non-hydrogen) atoms. The number of aliphatic hydroxyl groups is 1. The average Bonchev–Trinajstić information content (AvgIpc) is 3.47. The Morgan fingerprint density at radius 3 is 2.64 bits per heavy atom. The van der Waals surface area contributed by atoms with Gasteiger partial charge in [0.15, 0.2) is 11.4 Å². The van der Waals surface area contributed by atoms with Crippen molar-refractivity contribution in [2.45, 2.75) is 18.2 Å². The Morgan fingerprint density at radius 2 is 2.00 bits per heavy atom. The van der Waals surface area contributed by atoms with E-state index in [-0.39, 0.29) is 12.4 Å². The second-order valence-electron chi connectivity index (χ2n) is 9.18. The number of fused-ring (bicyclic) bond motifs is 1. The van der Waals surface area contributed by atoms with Gasteiger partial charge in [-0.1, -0.05) is 11.2 Å². The number of halogens is 1. The van der Waals surface area contributed by atoms with Crippen LogP contribution >= 0.6 is 0 Å². The summed E-state index contributed by atoms with van der Waals surface area (Å²) in [4.78, 5) is 12.0. The van der Waals surface area contributed by atoms with Crippen molar-refractivity contribution in [3.63, 3.8) is 0 Å². The van der Waals surface area contributed by atoms with Gasteiger partial charge in [0.2, 0.25) is 5.84 Å². The summed E-state index contributed by atoms with van der Waals surface area (Å²) in [6.07, 6.45) is 5.52. The second-order valence-corrected chi connectivity index (χ2v) is 9.18. The third-order valence-corrected chi connectivity index (χ3v) is 6.70. The molecule has 0 amide bonds. The predicted octanol–water partition coefficient (Wildman–Crippen LogP) is 2.96. The highest BCUT2D eigenvalue weighted by Crippen LogP contribution is 2.44. The van der Waals surface area contributed by atoms with Crippen LogP contribution in [0.1, 0.15) is 16.8 Å². The Hall–Kier alpha value is -3.89. The highest BCUT2D eigenvalue weighted by atomic mass is 19.1. The zero-order valence-corrected chi connectivity index (χ0v) is 19.8. The van der Waals surface area contributed by atoms with Gasteiger partial charge in [-0.15, -0.1) is 0 Å². The normalized spacial score (nSPS) is 23.1. The first-order valence-corrected chi connectivity index (χ1v) is 11.5. The van der Waals surface area contributed by atoms with Crippen LogP contribution in [0.2, 0.25) is 0 Å². The molecule has 10 heteroatoms. The number of methoxy groups -OCH3 is 1. The number of amidine groups is 1. The number of hydrogen-bond acceptors (Lipinski definition) is 8. The van der Waals surface area contributed by atoms with Gasteiger partial charge in [0.05, 0.1) is 44.6 Å². The summed E-state index contributed by atoms with van der Waals surface area (Å²) in [5.74, 6) is 1.21. The van der Waals surface area contributed by atoms with Crippen molar-refractivity contribution in [3.05, 3.63) is 83.4 Å². The summed E-state index contributed by atoms with van der Waals surface area (Å²) in [6, 6.07) is 11.6. The molecule has 4 heterocycles. The van der Waals surface area contributed by atoms with Crippen LogP contribution in [0.3, 0.4) is 0 Å². The van der Waals surface area contributed by atoms with E-state index in [4.69, 9.17) is 19.0 Å². The van der Waals surface area contributed by atoms with Crippen molar-refractivity contribution in [2.75, 3.05) is 33.5 Å². The van der Waals surface area contributed by atoms with Gasteiger partial charge in [0.25, 0.3) is 5.72 Å². The van der Waals surface area contributed by atoms with E-state index in [9.17, 15) is 9.50 Å². The number of hydrogen-bond donors (Lipinski definition) is 1. The third-order valence-electron chi connectivity index (χ3n) is 6.70. The largest absolute Gasteiger partial charge is 0.495 e. The van der Waals surface area contributed by atoms with Crippen molar-refractivity contribution < 1.29 is 28.5 Å². The summed E-state index contributed by atoms with van der Waals surface area (Å²) < 4.78 is 33.1. The first-order chi connectivity index (χ1) is 17.4. The topological polar surface area (TPSA) is 90.6 Å². The van der Waals surface area contributed by atoms with Crippen LogP contribution in [0.15, 0.2) is 65.9 Å². The van der Waals surface area contributed by atoms with Gasteiger partial charge in [-0.05, 0) is 55.0 Å². The number of morpholine rings is 1. The smallest absolute Gasteiger partial charge is 0.260 e. The Labute approximate surface area is 207 Å². The van der Waals surface area contributed by atoms with Crippen LogP contribution in [-0.4, -0.2) is 64.5 Å². The van der Waals surface area contributed by atoms with Gasteiger partial charge in [-0.2, -0.15) is 0 Å². The number of nitrogens with zero attached hydrogens (tertiary/aromatic N) is 4. The van der Waals surface area contributed by atoms with E-state index >= 15 is 0 Å². The molecule has 0 radical (unpaired) electrons. The lowest BCUT2D eigenvalue weighted by Gasteiger charge is -2.50. The molecule has 3 aromatic rings. The third kappa shape index (κ3) is 3.52. The van der Waals surface area contributed by atoms with Crippen LogP contribution < -0.4 is 4.74 Å². The molecule has 186 valence electrons. The Morgan fingerprint density at radius 1 is 1.19 bits per heavy atom. The van der Waals surface area contributed by atoms with Crippen molar-refractivity contribution in [1.29, 1.82) is 0 Å². The predicted molar refractivity (Wildman–Crippen MR) is 128 cm³/mol. The number of aliphatic hydroxyl groups excluding tert-OH is 1. The molecule has 2 fully saturated rings. The number of imidazole rings is 1. The highest BCUT2D eigenvalue weighted by Gasteiger charge is 2.58. The molecule has 2 saturated heterocycles. The fraction of sp³-hybridized carbons (Fsp3) is 0.308. The molecule has 3 aliphatic heterocycles. The molecular formula is C26H25FN4O5. The van der Waals surface area contributed by atoms with E-state index in [0.717, 1.165) is 16.9 Å². The molecular weight excluding hydrogens is 467 g/mol. The molecule has 0 bridgehead atoms. The van der Waals surface area contributed by atoms with E-state index in [1.54, 1.807) is 25.6 Å². The maximum absolute atomic E-state index is 13.6. The fourth-order valence-corrected chi connectivity index (χ4v) is 4.77. The number of benzene rings is 2. The van der Waals surface area contributed by atoms with Crippen molar-refractivity contribution in [1.82, 2.24) is 14.5 Å². The molecule has 1 atom stereocenters. The van der Waals surface area contributed by atoms with Gasteiger partial charge in [-0.3, -0.25) is 0 Å². The van der Waals surface area contributed by atoms with Gasteiger partial charge >= 0.3 is 0 Å². The molecule has 9 nitrogen and oxygen atoms in total. The van der Waals surface area contributed by atoms with Gasteiger partial charge in [-0.25, -0.2) is 9.37 Å². The molecule has 3 aliphatic rings. The number of rotatable bonds is 5. The number of oxime groups is 1. The minimum absolute atomic E-state index is 0.374. The zero-order chi connectivity index (χ0) is 24.9. The van der Waals surface area contributed by atoms with Crippen LogP contribution in [0, 0.1) is 12.7 Å². The minimum Gasteiger partial charge on any atom is -0.495 e. The lowest BCUT2D eigenvalue weighted by molar-refractivity contribution is -0.223. The fourth-order valence-electron chi connectivity index (χ4n) is 4.77. The summed E-state index contributed by atoms with van der Waals surface area (Å²) in [5.41, 5.74) is 1.26. The van der Waals surface area contributed by atoms with Crippen LogP contribution in [0.4, 0.5) is 4.39 Å². The molecule has 1 spiro atoms. The van der Waals surface area contributed by atoms with E-state index in [0.29, 0.717) is 42.7 Å². The molecule has 1 aromatic heterocycles. The summed E-state index contributed by atoms with van der Waals surface area (Å²) in [5, 5.41) is 14.8. The van der Waals surface area contributed by atoms with Crippen molar-refractivity contribution >= 4 is 11.9 Å². The average molecular weight is 493 g/mol. The quantitative estimate of drug-likeness (QED) is 0.586. The van der Waals surface area contributed by atoms with Crippen LogP contribution in [0.25, 0.3) is 11.8 Å². The summed E-state index contributed by atoms with van der Waals surface area (Å²) in [6.45, 7) is 2.71. The Kier molecular flexibility index (Phi) is 5.24. The lowest BCUT2D eigenvalue weighted by Crippen LogP contribution is -2.66. The molecule has 1 N–H and O–H groups in total. The van der Waals surface area contributed by atoms with Gasteiger partial charge < -0.3 is 33.6 Å². The Bertz CT molecular complexity index is 1360. The summed E-state index contributed by atoms with van der Waals surface area (Å²) >= 11 is 0. The van der Waals surface area contributed by atoms with Gasteiger partial charge in [0, 0.05) is 11.8 Å².